The highest BCUT2D eigenvalue weighted by molar-refractivity contribution is 7.71. The van der Waals surface area contributed by atoms with Crippen molar-refractivity contribution in [3.05, 3.63) is 64.7 Å². The van der Waals surface area contributed by atoms with Crippen molar-refractivity contribution in [2.24, 2.45) is 0 Å². The van der Waals surface area contributed by atoms with E-state index in [-0.39, 0.29) is 12.5 Å². The highest BCUT2D eigenvalue weighted by Gasteiger charge is 2.14. The molecule has 3 rings (SSSR count). The summed E-state index contributed by atoms with van der Waals surface area (Å²) in [5.74, 6) is 1.61. The zero-order valence-electron chi connectivity index (χ0n) is 14.4. The van der Waals surface area contributed by atoms with Crippen molar-refractivity contribution in [1.82, 2.24) is 20.1 Å². The number of hydrogen-bond donors (Lipinski definition) is 2. The number of carbonyl (C=O) groups is 1. The second kappa shape index (κ2) is 7.83. The monoisotopic (exact) mass is 370 g/mol. The first-order chi connectivity index (χ1) is 12.6. The molecular weight excluding hydrogens is 352 g/mol. The summed E-state index contributed by atoms with van der Waals surface area (Å²) in [5, 5.41) is 9.82. The average Bonchev–Trinajstić information content (AvgIpc) is 3.06. The molecule has 0 bridgehead atoms. The molecule has 2 N–H and O–H groups in total. The van der Waals surface area contributed by atoms with Gasteiger partial charge in [-0.1, -0.05) is 18.2 Å². The van der Waals surface area contributed by atoms with E-state index in [2.05, 4.69) is 15.5 Å². The third kappa shape index (κ3) is 3.60. The lowest BCUT2D eigenvalue weighted by Gasteiger charge is -2.12. The maximum absolute atomic E-state index is 12.4. The lowest BCUT2D eigenvalue weighted by atomic mass is 10.2. The van der Waals surface area contributed by atoms with Crippen molar-refractivity contribution in [2.75, 3.05) is 14.2 Å². The second-order valence-corrected chi connectivity index (χ2v) is 5.75. The molecule has 8 heteroatoms. The molecule has 0 aliphatic rings. The zero-order chi connectivity index (χ0) is 18.5. The van der Waals surface area contributed by atoms with E-state index < -0.39 is 0 Å². The number of amides is 1. The van der Waals surface area contributed by atoms with Crippen molar-refractivity contribution < 1.29 is 14.3 Å². The Balaban J connectivity index is 1.83. The molecule has 134 valence electrons. The highest BCUT2D eigenvalue weighted by atomic mass is 32.1. The smallest absolute Gasteiger partial charge is 0.251 e. The number of rotatable bonds is 6. The van der Waals surface area contributed by atoms with Gasteiger partial charge in [-0.15, -0.1) is 0 Å². The van der Waals surface area contributed by atoms with Gasteiger partial charge in [0, 0.05) is 5.56 Å². The van der Waals surface area contributed by atoms with Gasteiger partial charge in [-0.2, -0.15) is 5.10 Å². The van der Waals surface area contributed by atoms with E-state index in [4.69, 9.17) is 21.7 Å². The average molecular weight is 370 g/mol. The topological polar surface area (TPSA) is 81.2 Å². The molecular formula is C18H18N4O3S. The van der Waals surface area contributed by atoms with E-state index in [9.17, 15) is 4.79 Å². The zero-order valence-corrected chi connectivity index (χ0v) is 15.2. The highest BCUT2D eigenvalue weighted by Crippen LogP contribution is 2.23. The minimum absolute atomic E-state index is 0.196. The van der Waals surface area contributed by atoms with Crippen molar-refractivity contribution in [3.8, 4) is 17.2 Å². The maximum atomic E-state index is 12.4. The number of benzene rings is 2. The molecule has 7 nitrogen and oxygen atoms in total. The molecule has 2 aromatic carbocycles. The summed E-state index contributed by atoms with van der Waals surface area (Å²) in [4.78, 5) is 12.4. The predicted molar refractivity (Wildman–Crippen MR) is 99.5 cm³/mol. The SMILES string of the molecule is COc1cccc(C(=O)NCc2n[nH]c(=S)n2-c2ccccc2OC)c1. The first kappa shape index (κ1) is 17.7. The lowest BCUT2D eigenvalue weighted by molar-refractivity contribution is 0.0949. The van der Waals surface area contributed by atoms with Crippen LogP contribution in [0.1, 0.15) is 16.2 Å². The largest absolute Gasteiger partial charge is 0.497 e. The van der Waals surface area contributed by atoms with Gasteiger partial charge in [0.2, 0.25) is 0 Å². The number of nitrogens with one attached hydrogen (secondary N) is 2. The number of para-hydroxylation sites is 2. The van der Waals surface area contributed by atoms with Gasteiger partial charge in [-0.3, -0.25) is 14.5 Å². The Morgan fingerprint density at radius 1 is 1.19 bits per heavy atom. The van der Waals surface area contributed by atoms with Gasteiger partial charge >= 0.3 is 0 Å². The molecule has 0 aliphatic heterocycles. The quantitative estimate of drug-likeness (QED) is 0.652. The fourth-order valence-electron chi connectivity index (χ4n) is 2.54. The number of aromatic amines is 1. The summed E-state index contributed by atoms with van der Waals surface area (Å²) in [7, 11) is 3.15. The molecule has 0 radical (unpaired) electrons. The Morgan fingerprint density at radius 3 is 2.77 bits per heavy atom. The molecule has 3 aromatic rings. The van der Waals surface area contributed by atoms with Crippen LogP contribution in [0.4, 0.5) is 0 Å². The standard InChI is InChI=1S/C18H18N4O3S/c1-24-13-7-5-6-12(10-13)17(23)19-11-16-20-21-18(26)22(16)14-8-3-4-9-15(14)25-2/h3-10H,11H2,1-2H3,(H,19,23)(H,21,26). The van der Waals surface area contributed by atoms with Crippen molar-refractivity contribution in [3.63, 3.8) is 0 Å². The lowest BCUT2D eigenvalue weighted by Crippen LogP contribution is -2.24. The Hall–Kier alpha value is -3.13. The van der Waals surface area contributed by atoms with Crippen LogP contribution >= 0.6 is 12.2 Å². The van der Waals surface area contributed by atoms with Crippen LogP contribution in [0.25, 0.3) is 5.69 Å². The van der Waals surface area contributed by atoms with Gasteiger partial charge in [0.15, 0.2) is 10.6 Å². The fraction of sp³-hybridized carbons (Fsp3) is 0.167. The number of aromatic nitrogens is 3. The van der Waals surface area contributed by atoms with Crippen LogP contribution < -0.4 is 14.8 Å². The fourth-order valence-corrected chi connectivity index (χ4v) is 2.79. The number of nitrogens with zero attached hydrogens (tertiary/aromatic N) is 2. The third-order valence-electron chi connectivity index (χ3n) is 3.81. The Bertz CT molecular complexity index is 980. The molecule has 0 saturated carbocycles. The van der Waals surface area contributed by atoms with E-state index in [0.29, 0.717) is 27.7 Å². The normalized spacial score (nSPS) is 10.4. The maximum Gasteiger partial charge on any atom is 0.251 e. The summed E-state index contributed by atoms with van der Waals surface area (Å²) in [5.41, 5.74) is 1.25. The van der Waals surface area contributed by atoms with Crippen LogP contribution in [-0.2, 0) is 6.54 Å². The number of hydrogen-bond acceptors (Lipinski definition) is 5. The summed E-state index contributed by atoms with van der Waals surface area (Å²) >= 11 is 5.33. The van der Waals surface area contributed by atoms with E-state index in [1.54, 1.807) is 43.1 Å². The molecule has 0 atom stereocenters. The van der Waals surface area contributed by atoms with Crippen LogP contribution in [0.5, 0.6) is 11.5 Å². The molecule has 0 fully saturated rings. The minimum Gasteiger partial charge on any atom is -0.497 e. The van der Waals surface area contributed by atoms with Gasteiger partial charge < -0.3 is 14.8 Å². The van der Waals surface area contributed by atoms with Crippen molar-refractivity contribution >= 4 is 18.1 Å². The van der Waals surface area contributed by atoms with Crippen LogP contribution in [0, 0.1) is 4.77 Å². The first-order valence-electron chi connectivity index (χ1n) is 7.86. The van der Waals surface area contributed by atoms with Gasteiger partial charge in [0.1, 0.15) is 11.5 Å². The number of H-pyrrole nitrogens is 1. The van der Waals surface area contributed by atoms with Gasteiger partial charge in [0.05, 0.1) is 26.5 Å². The second-order valence-electron chi connectivity index (χ2n) is 5.37. The first-order valence-corrected chi connectivity index (χ1v) is 8.27. The summed E-state index contributed by atoms with van der Waals surface area (Å²) < 4.78 is 12.7. The number of carbonyl (C=O) groups excluding carboxylic acids is 1. The number of ether oxygens (including phenoxy) is 2. The molecule has 1 aromatic heterocycles. The van der Waals surface area contributed by atoms with Gasteiger partial charge in [-0.05, 0) is 42.5 Å². The predicted octanol–water partition coefficient (Wildman–Crippen LogP) is 2.88. The summed E-state index contributed by atoms with van der Waals surface area (Å²) in [6.45, 7) is 0.196. The molecule has 0 aliphatic carbocycles. The van der Waals surface area contributed by atoms with Gasteiger partial charge in [-0.25, -0.2) is 0 Å². The molecule has 1 heterocycles. The Kier molecular flexibility index (Phi) is 5.33. The van der Waals surface area contributed by atoms with E-state index in [1.165, 1.54) is 0 Å². The molecule has 1 amide bonds. The summed E-state index contributed by atoms with van der Waals surface area (Å²) in [6.07, 6.45) is 0. The minimum atomic E-state index is -0.232. The molecule has 0 unspecified atom stereocenters. The van der Waals surface area contributed by atoms with Crippen LogP contribution in [0.15, 0.2) is 48.5 Å². The van der Waals surface area contributed by atoms with Crippen molar-refractivity contribution in [2.45, 2.75) is 6.54 Å². The number of methoxy groups -OCH3 is 2. The van der Waals surface area contributed by atoms with Crippen LogP contribution in [0.2, 0.25) is 0 Å². The molecule has 0 saturated heterocycles. The van der Waals surface area contributed by atoms with E-state index in [0.717, 1.165) is 5.69 Å². The third-order valence-corrected chi connectivity index (χ3v) is 4.08. The molecule has 26 heavy (non-hydrogen) atoms. The van der Waals surface area contributed by atoms with Crippen molar-refractivity contribution in [1.29, 1.82) is 0 Å². The summed E-state index contributed by atoms with van der Waals surface area (Å²) in [6, 6.07) is 14.4. The Morgan fingerprint density at radius 2 is 2.00 bits per heavy atom. The van der Waals surface area contributed by atoms with Crippen LogP contribution in [-0.4, -0.2) is 34.9 Å². The molecule has 0 spiro atoms. The van der Waals surface area contributed by atoms with Crippen LogP contribution in [0.3, 0.4) is 0 Å². The van der Waals surface area contributed by atoms with Gasteiger partial charge in [0.25, 0.3) is 5.91 Å². The van der Waals surface area contributed by atoms with E-state index in [1.807, 2.05) is 24.3 Å². The Labute approximate surface area is 155 Å². The van der Waals surface area contributed by atoms with E-state index >= 15 is 0 Å².